The third-order valence-corrected chi connectivity index (χ3v) is 2.53. The number of hydrogen-bond acceptors (Lipinski definition) is 3. The van der Waals surface area contributed by atoms with Gasteiger partial charge < -0.3 is 9.84 Å². The Hall–Kier alpha value is -0.830. The summed E-state index contributed by atoms with van der Waals surface area (Å²) < 4.78 is 4.82. The molecular formula is C9H14O3. The van der Waals surface area contributed by atoms with Gasteiger partial charge in [0.1, 0.15) is 6.61 Å². The van der Waals surface area contributed by atoms with Gasteiger partial charge in [-0.05, 0) is 31.4 Å². The summed E-state index contributed by atoms with van der Waals surface area (Å²) in [7, 11) is 0. The van der Waals surface area contributed by atoms with Crippen LogP contribution in [-0.4, -0.2) is 23.3 Å². The largest absolute Gasteiger partial charge is 0.459 e. The highest BCUT2D eigenvalue weighted by Gasteiger charge is 2.41. The van der Waals surface area contributed by atoms with Crippen molar-refractivity contribution in [3.8, 4) is 0 Å². The minimum atomic E-state index is -1.37. The van der Waals surface area contributed by atoms with Crippen LogP contribution in [0.2, 0.25) is 0 Å². The van der Waals surface area contributed by atoms with E-state index in [9.17, 15) is 9.90 Å². The van der Waals surface area contributed by atoms with Gasteiger partial charge in [0.15, 0.2) is 5.60 Å². The van der Waals surface area contributed by atoms with Gasteiger partial charge in [0.2, 0.25) is 0 Å². The van der Waals surface area contributed by atoms with Crippen molar-refractivity contribution in [3.63, 3.8) is 0 Å². The minimum absolute atomic E-state index is 0.312. The second-order valence-corrected chi connectivity index (χ2v) is 3.20. The molecule has 0 aromatic rings. The van der Waals surface area contributed by atoms with Crippen molar-refractivity contribution in [3.05, 3.63) is 11.1 Å². The molecule has 0 amide bonds. The molecule has 0 spiro atoms. The Morgan fingerprint density at radius 1 is 1.58 bits per heavy atom. The third-order valence-electron chi connectivity index (χ3n) is 2.53. The fourth-order valence-corrected chi connectivity index (χ4v) is 1.32. The Bertz CT molecular complexity index is 242. The molecule has 1 aliphatic rings. The second kappa shape index (κ2) is 2.90. The molecule has 0 aromatic heterocycles. The Morgan fingerprint density at radius 3 is 2.58 bits per heavy atom. The number of esters is 1. The Labute approximate surface area is 72.0 Å². The van der Waals surface area contributed by atoms with Crippen LogP contribution in [0.5, 0.6) is 0 Å². The van der Waals surface area contributed by atoms with E-state index in [1.54, 1.807) is 13.8 Å². The average Bonchev–Trinajstić information content (AvgIpc) is 2.08. The molecule has 3 heteroatoms. The van der Waals surface area contributed by atoms with E-state index in [1.807, 2.05) is 6.92 Å². The van der Waals surface area contributed by atoms with Gasteiger partial charge in [-0.15, -0.1) is 0 Å². The molecule has 68 valence electrons. The van der Waals surface area contributed by atoms with Crippen molar-refractivity contribution in [1.82, 2.24) is 0 Å². The molecule has 3 nitrogen and oxygen atoms in total. The Morgan fingerprint density at radius 2 is 2.17 bits per heavy atom. The van der Waals surface area contributed by atoms with E-state index in [2.05, 4.69) is 0 Å². The number of ether oxygens (including phenoxy) is 1. The molecule has 1 aliphatic heterocycles. The Balaban J connectivity index is 3.10. The average molecular weight is 170 g/mol. The zero-order chi connectivity index (χ0) is 9.35. The highest BCUT2D eigenvalue weighted by molar-refractivity contribution is 5.84. The summed E-state index contributed by atoms with van der Waals surface area (Å²) in [4.78, 5) is 11.2. The molecule has 0 fully saturated rings. The van der Waals surface area contributed by atoms with Crippen molar-refractivity contribution in [2.24, 2.45) is 0 Å². The number of rotatable bonds is 1. The van der Waals surface area contributed by atoms with Crippen LogP contribution in [0.25, 0.3) is 0 Å². The summed E-state index contributed by atoms with van der Waals surface area (Å²) >= 11 is 0. The van der Waals surface area contributed by atoms with Crippen LogP contribution in [0.1, 0.15) is 27.2 Å². The van der Waals surface area contributed by atoms with Crippen LogP contribution in [0.4, 0.5) is 0 Å². The van der Waals surface area contributed by atoms with Gasteiger partial charge >= 0.3 is 5.97 Å². The summed E-state index contributed by atoms with van der Waals surface area (Å²) in [6, 6.07) is 0. The lowest BCUT2D eigenvalue weighted by Crippen LogP contribution is -2.44. The highest BCUT2D eigenvalue weighted by atomic mass is 16.6. The maximum Gasteiger partial charge on any atom is 0.342 e. The topological polar surface area (TPSA) is 46.5 Å². The smallest absolute Gasteiger partial charge is 0.342 e. The van der Waals surface area contributed by atoms with Crippen molar-refractivity contribution in [2.75, 3.05) is 6.61 Å². The molecule has 12 heavy (non-hydrogen) atoms. The van der Waals surface area contributed by atoms with Crippen molar-refractivity contribution < 1.29 is 14.6 Å². The molecule has 0 bridgehead atoms. The maximum absolute atomic E-state index is 11.2. The minimum Gasteiger partial charge on any atom is -0.459 e. The van der Waals surface area contributed by atoms with Gasteiger partial charge in [0.25, 0.3) is 0 Å². The third kappa shape index (κ3) is 1.14. The SMILES string of the molecule is CC[C@@]1(O)C(=O)OCC(C)=C1C. The molecule has 1 N–H and O–H groups in total. The van der Waals surface area contributed by atoms with Crippen LogP contribution in [0.3, 0.4) is 0 Å². The second-order valence-electron chi connectivity index (χ2n) is 3.20. The van der Waals surface area contributed by atoms with Crippen molar-refractivity contribution in [1.29, 1.82) is 0 Å². The monoisotopic (exact) mass is 170 g/mol. The molecular weight excluding hydrogens is 156 g/mol. The van der Waals surface area contributed by atoms with Crippen LogP contribution in [-0.2, 0) is 9.53 Å². The lowest BCUT2D eigenvalue weighted by molar-refractivity contribution is -0.163. The van der Waals surface area contributed by atoms with E-state index in [0.29, 0.717) is 13.0 Å². The van der Waals surface area contributed by atoms with E-state index in [0.717, 1.165) is 11.1 Å². The molecule has 0 saturated carbocycles. The van der Waals surface area contributed by atoms with Crippen LogP contribution in [0, 0.1) is 0 Å². The van der Waals surface area contributed by atoms with Gasteiger partial charge in [0, 0.05) is 0 Å². The molecule has 0 aliphatic carbocycles. The number of carbonyl (C=O) groups excluding carboxylic acids is 1. The molecule has 1 heterocycles. The van der Waals surface area contributed by atoms with E-state index < -0.39 is 11.6 Å². The zero-order valence-corrected chi connectivity index (χ0v) is 7.68. The number of hydrogen-bond donors (Lipinski definition) is 1. The normalized spacial score (nSPS) is 30.5. The van der Waals surface area contributed by atoms with Gasteiger partial charge in [-0.3, -0.25) is 0 Å². The molecule has 0 saturated heterocycles. The lowest BCUT2D eigenvalue weighted by atomic mass is 9.87. The summed E-state index contributed by atoms with van der Waals surface area (Å²) in [5.74, 6) is -0.520. The molecule has 1 rings (SSSR count). The standard InChI is InChI=1S/C9H14O3/c1-4-9(11)7(3)6(2)5-12-8(9)10/h11H,4-5H2,1-3H3/t9-/m0/s1. The highest BCUT2D eigenvalue weighted by Crippen LogP contribution is 2.29. The summed E-state index contributed by atoms with van der Waals surface area (Å²) in [5.41, 5.74) is 0.308. The van der Waals surface area contributed by atoms with Gasteiger partial charge in [-0.25, -0.2) is 4.79 Å². The number of aliphatic hydroxyl groups is 1. The predicted octanol–water partition coefficient (Wildman–Crippen LogP) is 1.02. The van der Waals surface area contributed by atoms with Crippen LogP contribution >= 0.6 is 0 Å². The fourth-order valence-electron chi connectivity index (χ4n) is 1.32. The van der Waals surface area contributed by atoms with Gasteiger partial charge in [-0.2, -0.15) is 0 Å². The molecule has 0 aromatic carbocycles. The number of carbonyl (C=O) groups is 1. The van der Waals surface area contributed by atoms with Crippen molar-refractivity contribution >= 4 is 5.97 Å². The quantitative estimate of drug-likeness (QED) is 0.472. The molecule has 0 radical (unpaired) electrons. The molecule has 0 unspecified atom stereocenters. The van der Waals surface area contributed by atoms with Crippen molar-refractivity contribution in [2.45, 2.75) is 32.8 Å². The van der Waals surface area contributed by atoms with E-state index in [4.69, 9.17) is 4.74 Å². The van der Waals surface area contributed by atoms with Crippen LogP contribution in [0.15, 0.2) is 11.1 Å². The van der Waals surface area contributed by atoms with E-state index >= 15 is 0 Å². The van der Waals surface area contributed by atoms with Crippen LogP contribution < -0.4 is 0 Å². The maximum atomic E-state index is 11.2. The first-order chi connectivity index (χ1) is 5.52. The summed E-state index contributed by atoms with van der Waals surface area (Å²) in [6.45, 7) is 5.72. The number of cyclic esters (lactones) is 1. The first-order valence-corrected chi connectivity index (χ1v) is 4.08. The first-order valence-electron chi connectivity index (χ1n) is 4.08. The fraction of sp³-hybridized carbons (Fsp3) is 0.667. The summed E-state index contributed by atoms with van der Waals surface area (Å²) in [6.07, 6.45) is 0.370. The molecule has 1 atom stereocenters. The van der Waals surface area contributed by atoms with E-state index in [-0.39, 0.29) is 0 Å². The first kappa shape index (κ1) is 9.26. The Kier molecular flexibility index (Phi) is 2.24. The zero-order valence-electron chi connectivity index (χ0n) is 7.68. The van der Waals surface area contributed by atoms with Gasteiger partial charge in [0.05, 0.1) is 0 Å². The lowest BCUT2D eigenvalue weighted by Gasteiger charge is -2.31. The summed E-state index contributed by atoms with van der Waals surface area (Å²) in [5, 5.41) is 9.86. The van der Waals surface area contributed by atoms with Gasteiger partial charge in [-0.1, -0.05) is 6.92 Å². The predicted molar refractivity (Wildman–Crippen MR) is 44.6 cm³/mol. The van der Waals surface area contributed by atoms with E-state index in [1.165, 1.54) is 0 Å².